The fraction of sp³-hybridized carbons (Fsp3) is 0.483. The highest BCUT2D eigenvalue weighted by molar-refractivity contribution is 7.10. The van der Waals surface area contributed by atoms with Crippen LogP contribution in [0.15, 0.2) is 33.7 Å². The second-order valence-corrected chi connectivity index (χ2v) is 12.4. The molecular weight excluding hydrogens is 588 g/mol. The summed E-state index contributed by atoms with van der Waals surface area (Å²) >= 11 is 14.4. The Morgan fingerprint density at radius 2 is 2.15 bits per heavy atom. The van der Waals surface area contributed by atoms with Gasteiger partial charge in [0.05, 0.1) is 28.4 Å². The normalized spacial score (nSPS) is 20.4. The molecule has 1 aliphatic carbocycles. The van der Waals surface area contributed by atoms with Crippen LogP contribution in [0.25, 0.3) is 5.57 Å². The van der Waals surface area contributed by atoms with Gasteiger partial charge < -0.3 is 24.8 Å². The van der Waals surface area contributed by atoms with Gasteiger partial charge >= 0.3 is 0 Å². The first kappa shape index (κ1) is 28.6. The third-order valence-corrected chi connectivity index (χ3v) is 9.58. The molecule has 12 heteroatoms. The van der Waals surface area contributed by atoms with E-state index in [0.29, 0.717) is 49.0 Å². The molecule has 2 aromatic heterocycles. The van der Waals surface area contributed by atoms with Crippen LogP contribution in [0.4, 0.5) is 4.39 Å². The summed E-state index contributed by atoms with van der Waals surface area (Å²) in [6, 6.07) is 5.90. The van der Waals surface area contributed by atoms with E-state index in [-0.39, 0.29) is 35.7 Å². The molecular formula is C29H32Cl2FN5O3S. The molecule has 2 fully saturated rings. The van der Waals surface area contributed by atoms with Crippen molar-refractivity contribution in [2.75, 3.05) is 19.7 Å². The number of benzene rings is 1. The number of nitrogens with zero attached hydrogens (tertiary/aromatic N) is 3. The second kappa shape index (κ2) is 12.4. The Hall–Kier alpha value is -2.50. The quantitative estimate of drug-likeness (QED) is 0.276. The van der Waals surface area contributed by atoms with Crippen molar-refractivity contribution in [1.82, 2.24) is 25.7 Å². The summed E-state index contributed by atoms with van der Waals surface area (Å²) in [5, 5.41) is 14.7. The van der Waals surface area contributed by atoms with E-state index in [0.717, 1.165) is 53.2 Å². The van der Waals surface area contributed by atoms with Crippen molar-refractivity contribution in [3.63, 3.8) is 0 Å². The molecule has 6 rings (SSSR count). The van der Waals surface area contributed by atoms with E-state index in [4.69, 9.17) is 37.4 Å². The standard InChI is InChI=1S/C29H32Cl2FN5O3S/c1-2-23-26(32)27(36-40-23)39-10-4-6-17-15-41-28(35-17)20-11-18-12-33-13-22(34-18)24(20)29(38)37(19-8-9-19)14-16-5-3-7-21(30)25(16)31/h3,5,7,15,18-19,22,33-34H,2,4,6,8-14H2,1H3/t18-,22-/m1/s1. The first-order valence-electron chi connectivity index (χ1n) is 14.1. The predicted molar refractivity (Wildman–Crippen MR) is 157 cm³/mol. The Kier molecular flexibility index (Phi) is 8.65. The maximum Gasteiger partial charge on any atom is 0.291 e. The largest absolute Gasteiger partial charge is 0.473 e. The number of nitrogens with one attached hydrogen (secondary N) is 2. The second-order valence-electron chi connectivity index (χ2n) is 10.7. The molecule has 1 saturated carbocycles. The van der Waals surface area contributed by atoms with E-state index in [9.17, 15) is 9.18 Å². The number of amides is 1. The highest BCUT2D eigenvalue weighted by atomic mass is 35.5. The first-order valence-corrected chi connectivity index (χ1v) is 15.7. The molecule has 2 N–H and O–H groups in total. The zero-order valence-corrected chi connectivity index (χ0v) is 25.0. The third kappa shape index (κ3) is 6.17. The molecule has 0 spiro atoms. The molecule has 4 heterocycles. The van der Waals surface area contributed by atoms with Gasteiger partial charge in [-0.1, -0.05) is 42.3 Å². The van der Waals surface area contributed by atoms with Gasteiger partial charge in [0.1, 0.15) is 5.01 Å². The van der Waals surface area contributed by atoms with Crippen LogP contribution in [0.5, 0.6) is 5.88 Å². The molecule has 0 unspecified atom stereocenters. The number of ether oxygens (including phenoxy) is 1. The molecule has 2 bridgehead atoms. The Labute approximate surface area is 252 Å². The Morgan fingerprint density at radius 3 is 2.93 bits per heavy atom. The van der Waals surface area contributed by atoms with Crippen LogP contribution in [0, 0.1) is 5.82 Å². The Balaban J connectivity index is 1.21. The number of carbonyl (C=O) groups is 1. The van der Waals surface area contributed by atoms with Gasteiger partial charge in [-0.05, 0) is 54.5 Å². The zero-order chi connectivity index (χ0) is 28.5. The summed E-state index contributed by atoms with van der Waals surface area (Å²) in [6.45, 7) is 4.05. The Bertz CT molecular complexity index is 1460. The van der Waals surface area contributed by atoms with Gasteiger partial charge in [0.15, 0.2) is 5.76 Å². The van der Waals surface area contributed by atoms with Crippen LogP contribution < -0.4 is 15.4 Å². The molecule has 2 aliphatic heterocycles. The zero-order valence-electron chi connectivity index (χ0n) is 22.7. The predicted octanol–water partition coefficient (Wildman–Crippen LogP) is 5.43. The highest BCUT2D eigenvalue weighted by Crippen LogP contribution is 2.38. The van der Waals surface area contributed by atoms with Gasteiger partial charge in [-0.15, -0.1) is 11.3 Å². The fourth-order valence-electron chi connectivity index (χ4n) is 5.52. The first-order chi connectivity index (χ1) is 19.9. The third-order valence-electron chi connectivity index (χ3n) is 7.77. The maximum atomic E-state index is 14.3. The molecule has 1 saturated heterocycles. The van der Waals surface area contributed by atoms with Crippen LogP contribution in [-0.2, 0) is 24.2 Å². The number of halogens is 3. The minimum atomic E-state index is -0.531. The lowest BCUT2D eigenvalue weighted by atomic mass is 9.87. The maximum absolute atomic E-state index is 14.3. The van der Waals surface area contributed by atoms with Crippen molar-refractivity contribution in [1.29, 1.82) is 0 Å². The minimum absolute atomic E-state index is 0.0319. The van der Waals surface area contributed by atoms with Crippen molar-refractivity contribution in [3.8, 4) is 5.88 Å². The lowest BCUT2D eigenvalue weighted by molar-refractivity contribution is -0.128. The van der Waals surface area contributed by atoms with Crippen molar-refractivity contribution in [3.05, 3.63) is 67.0 Å². The average Bonchev–Trinajstić information content (AvgIpc) is 3.59. The van der Waals surface area contributed by atoms with Gasteiger partial charge in [-0.2, -0.15) is 4.39 Å². The van der Waals surface area contributed by atoms with Crippen LogP contribution in [0.3, 0.4) is 0 Å². The highest BCUT2D eigenvalue weighted by Gasteiger charge is 2.41. The monoisotopic (exact) mass is 619 g/mol. The molecule has 41 heavy (non-hydrogen) atoms. The van der Waals surface area contributed by atoms with Gasteiger partial charge in [-0.3, -0.25) is 4.79 Å². The van der Waals surface area contributed by atoms with Crippen molar-refractivity contribution >= 4 is 46.0 Å². The van der Waals surface area contributed by atoms with E-state index in [1.807, 2.05) is 22.4 Å². The van der Waals surface area contributed by atoms with Crippen molar-refractivity contribution in [2.24, 2.45) is 0 Å². The number of fused-ring (bicyclic) bond motifs is 2. The van der Waals surface area contributed by atoms with E-state index >= 15 is 0 Å². The minimum Gasteiger partial charge on any atom is -0.473 e. The van der Waals surface area contributed by atoms with Gasteiger partial charge in [0.25, 0.3) is 11.8 Å². The molecule has 218 valence electrons. The average molecular weight is 621 g/mol. The number of thiazole rings is 1. The molecule has 8 nitrogen and oxygen atoms in total. The summed E-state index contributed by atoms with van der Waals surface area (Å²) in [7, 11) is 0. The van der Waals surface area contributed by atoms with Gasteiger partial charge in [0, 0.05) is 49.1 Å². The molecule has 1 amide bonds. The topological polar surface area (TPSA) is 92.5 Å². The lowest BCUT2D eigenvalue weighted by Gasteiger charge is -2.40. The van der Waals surface area contributed by atoms with Crippen LogP contribution in [-0.4, -0.2) is 58.8 Å². The number of aryl methyl sites for hydroxylation is 2. The molecule has 0 radical (unpaired) electrons. The summed E-state index contributed by atoms with van der Waals surface area (Å²) in [5.74, 6) is -0.398. The smallest absolute Gasteiger partial charge is 0.291 e. The summed E-state index contributed by atoms with van der Waals surface area (Å²) in [5.41, 5.74) is 3.59. The summed E-state index contributed by atoms with van der Waals surface area (Å²) in [6.07, 6.45) is 4.42. The molecule has 3 aliphatic rings. The Morgan fingerprint density at radius 1 is 1.29 bits per heavy atom. The number of hydrogen-bond donors (Lipinski definition) is 2. The van der Waals surface area contributed by atoms with E-state index in [2.05, 4.69) is 15.8 Å². The summed E-state index contributed by atoms with van der Waals surface area (Å²) in [4.78, 5) is 21.2. The fourth-order valence-corrected chi connectivity index (χ4v) is 6.82. The summed E-state index contributed by atoms with van der Waals surface area (Å²) < 4.78 is 24.5. The van der Waals surface area contributed by atoms with E-state index < -0.39 is 5.82 Å². The van der Waals surface area contributed by atoms with Crippen LogP contribution in [0.2, 0.25) is 10.0 Å². The number of carbonyl (C=O) groups excluding carboxylic acids is 1. The molecule has 2 atom stereocenters. The number of aromatic nitrogens is 2. The van der Waals surface area contributed by atoms with Crippen molar-refractivity contribution < 1.29 is 18.4 Å². The lowest BCUT2D eigenvalue weighted by Crippen LogP contribution is -2.60. The number of piperazine rings is 1. The van der Waals surface area contributed by atoms with E-state index in [1.165, 1.54) is 0 Å². The van der Waals surface area contributed by atoms with Crippen LogP contribution in [0.1, 0.15) is 54.6 Å². The molecule has 3 aromatic rings. The SMILES string of the molecule is CCc1onc(OCCCc2csc(C3=C(C(=O)N(Cc4cccc(Cl)c4Cl)C4CC4)[C@H]4CNC[C@@H](C3)N4)n2)c1F. The van der Waals surface area contributed by atoms with Crippen molar-refractivity contribution in [2.45, 2.75) is 70.1 Å². The van der Waals surface area contributed by atoms with E-state index in [1.54, 1.807) is 24.3 Å². The van der Waals surface area contributed by atoms with Gasteiger partial charge in [0.2, 0.25) is 5.82 Å². The van der Waals surface area contributed by atoms with Crippen LogP contribution >= 0.6 is 34.5 Å². The van der Waals surface area contributed by atoms with Gasteiger partial charge in [-0.25, -0.2) is 4.98 Å². The number of hydrogen-bond acceptors (Lipinski definition) is 8. The molecule has 1 aromatic carbocycles. The number of rotatable bonds is 11.